The Morgan fingerprint density at radius 1 is 1.19 bits per heavy atom. The molecule has 2 aromatic carbocycles. The lowest BCUT2D eigenvalue weighted by atomic mass is 9.95. The van der Waals surface area contributed by atoms with E-state index in [-0.39, 0.29) is 19.1 Å². The minimum Gasteiger partial charge on any atom is -0.489 e. The van der Waals surface area contributed by atoms with E-state index in [1.807, 2.05) is 13.8 Å². The number of halogens is 2. The summed E-state index contributed by atoms with van der Waals surface area (Å²) in [5.41, 5.74) is 1.42. The van der Waals surface area contributed by atoms with Crippen LogP contribution in [0.1, 0.15) is 25.0 Å². The van der Waals surface area contributed by atoms with Gasteiger partial charge in [0, 0.05) is 28.3 Å². The molecule has 0 aliphatic carbocycles. The van der Waals surface area contributed by atoms with Gasteiger partial charge in [0.15, 0.2) is 0 Å². The van der Waals surface area contributed by atoms with Crippen molar-refractivity contribution in [1.29, 1.82) is 0 Å². The molecule has 1 fully saturated rings. The molecule has 3 amide bonds. The number of ether oxygens (including phenoxy) is 1. The van der Waals surface area contributed by atoms with Crippen LogP contribution in [0, 0.1) is 5.41 Å². The summed E-state index contributed by atoms with van der Waals surface area (Å²) < 4.78 is 5.87. The van der Waals surface area contributed by atoms with Gasteiger partial charge in [-0.2, -0.15) is 0 Å². The van der Waals surface area contributed by atoms with Crippen molar-refractivity contribution in [3.63, 3.8) is 0 Å². The third-order valence-corrected chi connectivity index (χ3v) is 5.70. The van der Waals surface area contributed by atoms with Crippen LogP contribution in [0.5, 0.6) is 5.75 Å². The van der Waals surface area contributed by atoms with Gasteiger partial charge in [-0.05, 0) is 49.7 Å². The van der Waals surface area contributed by atoms with Crippen molar-refractivity contribution in [1.82, 2.24) is 10.1 Å². The number of carbonyl (C=O) groups is 2. The molecule has 1 heterocycles. The van der Waals surface area contributed by atoms with Crippen molar-refractivity contribution in [3.05, 3.63) is 57.6 Å². The van der Waals surface area contributed by atoms with E-state index in [1.54, 1.807) is 36.4 Å². The molecule has 0 atom stereocenters. The Morgan fingerprint density at radius 3 is 2.56 bits per heavy atom. The first kappa shape index (κ1) is 24.1. The molecule has 1 saturated heterocycles. The molecule has 0 saturated carbocycles. The number of rotatable bonds is 7. The van der Waals surface area contributed by atoms with Crippen LogP contribution in [0.25, 0.3) is 0 Å². The zero-order valence-electron chi connectivity index (χ0n) is 18.3. The van der Waals surface area contributed by atoms with Gasteiger partial charge in [-0.3, -0.25) is 14.5 Å². The van der Waals surface area contributed by atoms with Gasteiger partial charge in [0.1, 0.15) is 12.4 Å². The third kappa shape index (κ3) is 5.63. The predicted octanol–water partition coefficient (Wildman–Crippen LogP) is 4.90. The second kappa shape index (κ2) is 9.95. The fraction of sp³-hybridized carbons (Fsp3) is 0.364. The average molecular weight is 482 g/mol. The number of carbonyl (C=O) groups excluding carboxylic acids is 2. The van der Waals surface area contributed by atoms with Gasteiger partial charge in [-0.25, -0.2) is 14.9 Å². The molecule has 10 heteroatoms. The third-order valence-electron chi connectivity index (χ3n) is 4.98. The molecule has 2 aromatic rings. The molecule has 0 spiro atoms. The number of nitrogens with zero attached hydrogens (tertiary/aromatic N) is 2. The summed E-state index contributed by atoms with van der Waals surface area (Å²) in [4.78, 5) is 34.6. The lowest BCUT2D eigenvalue weighted by Gasteiger charge is -2.18. The highest BCUT2D eigenvalue weighted by molar-refractivity contribution is 6.32. The maximum Gasteiger partial charge on any atom is 0.345 e. The average Bonchev–Trinajstić information content (AvgIpc) is 3.01. The Hall–Kier alpha value is -2.52. The number of amides is 3. The molecule has 1 aliphatic rings. The first-order valence-corrected chi connectivity index (χ1v) is 10.6. The maximum atomic E-state index is 12.4. The van der Waals surface area contributed by atoms with Gasteiger partial charge >= 0.3 is 6.03 Å². The smallest absolute Gasteiger partial charge is 0.345 e. The van der Waals surface area contributed by atoms with Crippen LogP contribution in [-0.4, -0.2) is 42.8 Å². The van der Waals surface area contributed by atoms with Crippen LogP contribution in [0.15, 0.2) is 36.4 Å². The number of nitrogens with one attached hydrogen (secondary N) is 1. The maximum absolute atomic E-state index is 12.4. The summed E-state index contributed by atoms with van der Waals surface area (Å²) in [6.07, 6.45) is 0. The standard InChI is InChI=1S/C22H25Cl2N3O5/c1-22(2)13-32-27(20(22)28)11-15-9-17(7-8-18(15)23)31-12-14-5-6-16(10-19(14)24)25-21(29)26(3)30-4/h5-10H,11-13H2,1-4H3,(H,25,29). The minimum atomic E-state index is -0.554. The molecule has 1 aliphatic heterocycles. The van der Waals surface area contributed by atoms with Crippen molar-refractivity contribution < 1.29 is 24.0 Å². The van der Waals surface area contributed by atoms with Gasteiger partial charge in [0.25, 0.3) is 5.91 Å². The van der Waals surface area contributed by atoms with Crippen molar-refractivity contribution in [2.45, 2.75) is 27.0 Å². The van der Waals surface area contributed by atoms with E-state index in [4.69, 9.17) is 37.6 Å². The number of benzene rings is 2. The Morgan fingerprint density at radius 2 is 1.94 bits per heavy atom. The Bertz CT molecular complexity index is 1020. The highest BCUT2D eigenvalue weighted by Gasteiger charge is 2.40. The first-order chi connectivity index (χ1) is 15.1. The summed E-state index contributed by atoms with van der Waals surface area (Å²) in [5.74, 6) is 0.487. The molecule has 3 rings (SSSR count). The number of anilines is 1. The normalized spacial score (nSPS) is 15.1. The number of hydroxylamine groups is 4. The Balaban J connectivity index is 1.64. The molecule has 172 valence electrons. The summed E-state index contributed by atoms with van der Waals surface area (Å²) >= 11 is 12.7. The van der Waals surface area contributed by atoms with E-state index in [2.05, 4.69) is 5.32 Å². The molecule has 0 unspecified atom stereocenters. The van der Waals surface area contributed by atoms with E-state index >= 15 is 0 Å². The predicted molar refractivity (Wildman–Crippen MR) is 121 cm³/mol. The highest BCUT2D eigenvalue weighted by atomic mass is 35.5. The largest absolute Gasteiger partial charge is 0.489 e. The van der Waals surface area contributed by atoms with Crippen LogP contribution in [0.3, 0.4) is 0 Å². The second-order valence-corrected chi connectivity index (χ2v) is 8.77. The van der Waals surface area contributed by atoms with E-state index in [0.29, 0.717) is 33.7 Å². The van der Waals surface area contributed by atoms with Crippen LogP contribution < -0.4 is 10.1 Å². The Kier molecular flexibility index (Phi) is 7.51. The monoisotopic (exact) mass is 481 g/mol. The number of hydrogen-bond donors (Lipinski definition) is 1. The van der Waals surface area contributed by atoms with Gasteiger partial charge < -0.3 is 10.1 Å². The first-order valence-electron chi connectivity index (χ1n) is 9.84. The summed E-state index contributed by atoms with van der Waals surface area (Å²) in [7, 11) is 2.89. The fourth-order valence-corrected chi connectivity index (χ4v) is 3.33. The van der Waals surface area contributed by atoms with Crippen LogP contribution in [-0.2, 0) is 27.6 Å². The van der Waals surface area contributed by atoms with Crippen molar-refractivity contribution in [2.24, 2.45) is 5.41 Å². The number of urea groups is 1. The van der Waals surface area contributed by atoms with Crippen molar-refractivity contribution in [2.75, 3.05) is 26.1 Å². The molecule has 8 nitrogen and oxygen atoms in total. The van der Waals surface area contributed by atoms with Crippen molar-refractivity contribution >= 4 is 40.8 Å². The molecule has 32 heavy (non-hydrogen) atoms. The van der Waals surface area contributed by atoms with Crippen LogP contribution >= 0.6 is 23.2 Å². The van der Waals surface area contributed by atoms with Gasteiger partial charge in [-0.1, -0.05) is 29.3 Å². The quantitative estimate of drug-likeness (QED) is 0.568. The molecular weight excluding hydrogens is 457 g/mol. The zero-order valence-corrected chi connectivity index (χ0v) is 19.8. The Labute approximate surface area is 196 Å². The highest BCUT2D eigenvalue weighted by Crippen LogP contribution is 2.31. The summed E-state index contributed by atoms with van der Waals surface area (Å²) in [6.45, 7) is 4.44. The minimum absolute atomic E-state index is 0.0875. The van der Waals surface area contributed by atoms with Gasteiger partial charge in [0.2, 0.25) is 0 Å². The summed E-state index contributed by atoms with van der Waals surface area (Å²) in [5, 5.41) is 6.01. The molecular formula is C22H25Cl2N3O5. The van der Waals surface area contributed by atoms with Gasteiger partial charge in [-0.15, -0.1) is 0 Å². The second-order valence-electron chi connectivity index (χ2n) is 7.96. The topological polar surface area (TPSA) is 80.3 Å². The van der Waals surface area contributed by atoms with Gasteiger partial charge in [0.05, 0.1) is 25.7 Å². The lowest BCUT2D eigenvalue weighted by Crippen LogP contribution is -2.30. The van der Waals surface area contributed by atoms with E-state index < -0.39 is 11.4 Å². The molecule has 0 aromatic heterocycles. The zero-order chi connectivity index (χ0) is 23.5. The molecule has 0 bridgehead atoms. The van der Waals surface area contributed by atoms with Crippen LogP contribution in [0.4, 0.5) is 10.5 Å². The fourth-order valence-electron chi connectivity index (χ4n) is 2.92. The molecule has 0 radical (unpaired) electrons. The van der Waals surface area contributed by atoms with E-state index in [9.17, 15) is 9.59 Å². The number of hydrogen-bond acceptors (Lipinski definition) is 5. The SMILES string of the molecule is CON(C)C(=O)Nc1ccc(COc2ccc(Cl)c(CN3OCC(C)(C)C3=O)c2)c(Cl)c1. The van der Waals surface area contributed by atoms with Crippen LogP contribution in [0.2, 0.25) is 10.0 Å². The van der Waals surface area contributed by atoms with Crippen molar-refractivity contribution in [3.8, 4) is 5.75 Å². The summed E-state index contributed by atoms with van der Waals surface area (Å²) in [6, 6.07) is 9.92. The lowest BCUT2D eigenvalue weighted by molar-refractivity contribution is -0.165. The van der Waals surface area contributed by atoms with E-state index in [0.717, 1.165) is 10.6 Å². The molecule has 1 N–H and O–H groups in total. The van der Waals surface area contributed by atoms with E-state index in [1.165, 1.54) is 19.2 Å².